The molecule has 0 atom stereocenters. The second-order valence-electron chi connectivity index (χ2n) is 6.03. The standard InChI is InChI=1S/C18H21N5O3/c1-13-3-4-16(26-2)15(11-13)21-18-19-6-5-14(20-18)17(25)23-9-7-22(12-24)8-10-23/h3-6,11-12H,7-10H2,1-2H3,(H,19,20,21). The van der Waals surface area contributed by atoms with Gasteiger partial charge in [-0.15, -0.1) is 0 Å². The normalized spacial score (nSPS) is 14.1. The molecule has 1 aliphatic rings. The number of carbonyl (C=O) groups excluding carboxylic acids is 2. The highest BCUT2D eigenvalue weighted by Crippen LogP contribution is 2.27. The van der Waals surface area contributed by atoms with Gasteiger partial charge >= 0.3 is 0 Å². The van der Waals surface area contributed by atoms with Crippen molar-refractivity contribution in [1.82, 2.24) is 19.8 Å². The van der Waals surface area contributed by atoms with Gasteiger partial charge in [0.05, 0.1) is 12.8 Å². The van der Waals surface area contributed by atoms with E-state index in [1.165, 1.54) is 0 Å². The molecule has 2 heterocycles. The first-order chi connectivity index (χ1) is 12.6. The van der Waals surface area contributed by atoms with Crippen molar-refractivity contribution in [3.8, 4) is 5.75 Å². The van der Waals surface area contributed by atoms with Gasteiger partial charge in [-0.25, -0.2) is 9.97 Å². The first kappa shape index (κ1) is 17.7. The molecule has 0 aliphatic carbocycles. The number of methoxy groups -OCH3 is 1. The summed E-state index contributed by atoms with van der Waals surface area (Å²) >= 11 is 0. The zero-order valence-electron chi connectivity index (χ0n) is 14.8. The molecule has 1 aromatic heterocycles. The lowest BCUT2D eigenvalue weighted by molar-refractivity contribution is -0.119. The number of nitrogens with one attached hydrogen (secondary N) is 1. The summed E-state index contributed by atoms with van der Waals surface area (Å²) in [6.45, 7) is 4.04. The summed E-state index contributed by atoms with van der Waals surface area (Å²) in [6.07, 6.45) is 2.36. The van der Waals surface area contributed by atoms with Crippen molar-refractivity contribution in [3.63, 3.8) is 0 Å². The Morgan fingerprint density at radius 1 is 1.23 bits per heavy atom. The summed E-state index contributed by atoms with van der Waals surface area (Å²) in [6, 6.07) is 7.32. The number of aryl methyl sites for hydroxylation is 1. The Kier molecular flexibility index (Phi) is 5.31. The van der Waals surface area contributed by atoms with Crippen LogP contribution in [0.3, 0.4) is 0 Å². The topological polar surface area (TPSA) is 87.7 Å². The van der Waals surface area contributed by atoms with Crippen LogP contribution in [0.15, 0.2) is 30.5 Å². The molecule has 2 aromatic rings. The van der Waals surface area contributed by atoms with Crippen molar-refractivity contribution in [2.75, 3.05) is 38.6 Å². The Labute approximate surface area is 151 Å². The number of anilines is 2. The number of rotatable bonds is 5. The Bertz CT molecular complexity index is 803. The maximum absolute atomic E-state index is 12.7. The van der Waals surface area contributed by atoms with Gasteiger partial charge in [0.2, 0.25) is 12.4 Å². The van der Waals surface area contributed by atoms with E-state index in [0.717, 1.165) is 17.7 Å². The molecule has 1 aromatic carbocycles. The summed E-state index contributed by atoms with van der Waals surface area (Å²) in [5.41, 5.74) is 2.11. The fourth-order valence-corrected chi connectivity index (χ4v) is 2.77. The minimum absolute atomic E-state index is 0.169. The van der Waals surface area contributed by atoms with Crippen molar-refractivity contribution in [3.05, 3.63) is 41.7 Å². The lowest BCUT2D eigenvalue weighted by Crippen LogP contribution is -2.48. The Morgan fingerprint density at radius 2 is 2.00 bits per heavy atom. The van der Waals surface area contributed by atoms with E-state index in [2.05, 4.69) is 15.3 Å². The molecule has 1 N–H and O–H groups in total. The molecule has 0 saturated carbocycles. The molecule has 0 radical (unpaired) electrons. The minimum atomic E-state index is -0.169. The second kappa shape index (κ2) is 7.81. The first-order valence-electron chi connectivity index (χ1n) is 8.34. The van der Waals surface area contributed by atoms with E-state index < -0.39 is 0 Å². The number of amides is 2. The van der Waals surface area contributed by atoms with Gasteiger partial charge in [0.1, 0.15) is 11.4 Å². The lowest BCUT2D eigenvalue weighted by Gasteiger charge is -2.32. The molecule has 0 unspecified atom stereocenters. The van der Waals surface area contributed by atoms with Crippen LogP contribution in [-0.2, 0) is 4.79 Å². The van der Waals surface area contributed by atoms with Gasteiger partial charge in [-0.1, -0.05) is 6.07 Å². The van der Waals surface area contributed by atoms with Gasteiger partial charge in [0, 0.05) is 32.4 Å². The Morgan fingerprint density at radius 3 is 2.69 bits per heavy atom. The molecule has 8 heteroatoms. The van der Waals surface area contributed by atoms with Crippen LogP contribution < -0.4 is 10.1 Å². The van der Waals surface area contributed by atoms with E-state index in [-0.39, 0.29) is 5.91 Å². The molecule has 26 heavy (non-hydrogen) atoms. The maximum Gasteiger partial charge on any atom is 0.272 e. The fourth-order valence-electron chi connectivity index (χ4n) is 2.77. The highest BCUT2D eigenvalue weighted by atomic mass is 16.5. The van der Waals surface area contributed by atoms with Crippen molar-refractivity contribution >= 4 is 24.0 Å². The zero-order valence-corrected chi connectivity index (χ0v) is 14.8. The number of aromatic nitrogens is 2. The van der Waals surface area contributed by atoms with Crippen LogP contribution in [-0.4, -0.2) is 65.4 Å². The third-order valence-electron chi connectivity index (χ3n) is 4.23. The van der Waals surface area contributed by atoms with Crippen LogP contribution in [0.5, 0.6) is 5.75 Å². The number of carbonyl (C=O) groups is 2. The molecule has 1 fully saturated rings. The average molecular weight is 355 g/mol. The van der Waals surface area contributed by atoms with Gasteiger partial charge in [0.15, 0.2) is 0 Å². The van der Waals surface area contributed by atoms with E-state index in [0.29, 0.717) is 43.6 Å². The van der Waals surface area contributed by atoms with E-state index in [1.54, 1.807) is 29.2 Å². The monoisotopic (exact) mass is 355 g/mol. The summed E-state index contributed by atoms with van der Waals surface area (Å²) in [7, 11) is 1.59. The van der Waals surface area contributed by atoms with Crippen molar-refractivity contribution in [2.45, 2.75) is 6.92 Å². The van der Waals surface area contributed by atoms with E-state index in [1.807, 2.05) is 25.1 Å². The minimum Gasteiger partial charge on any atom is -0.495 e. The van der Waals surface area contributed by atoms with E-state index >= 15 is 0 Å². The number of piperazine rings is 1. The number of benzene rings is 1. The zero-order chi connectivity index (χ0) is 18.5. The molecule has 2 amide bonds. The molecule has 3 rings (SSSR count). The van der Waals surface area contributed by atoms with Gasteiger partial charge in [-0.3, -0.25) is 9.59 Å². The number of hydrogen-bond donors (Lipinski definition) is 1. The fraction of sp³-hybridized carbons (Fsp3) is 0.333. The molecule has 0 spiro atoms. The van der Waals surface area contributed by atoms with Crippen LogP contribution in [0.25, 0.3) is 0 Å². The van der Waals surface area contributed by atoms with E-state index in [9.17, 15) is 9.59 Å². The summed E-state index contributed by atoms with van der Waals surface area (Å²) in [4.78, 5) is 35.3. The smallest absolute Gasteiger partial charge is 0.272 e. The molecule has 0 bridgehead atoms. The highest BCUT2D eigenvalue weighted by Gasteiger charge is 2.22. The largest absolute Gasteiger partial charge is 0.495 e. The molecular formula is C18H21N5O3. The SMILES string of the molecule is COc1ccc(C)cc1Nc1nccc(C(=O)N2CCN(C=O)CC2)n1. The molecule has 8 nitrogen and oxygen atoms in total. The van der Waals surface area contributed by atoms with Gasteiger partial charge in [-0.05, 0) is 30.7 Å². The molecule has 1 aliphatic heterocycles. The van der Waals surface area contributed by atoms with Gasteiger partial charge in [0.25, 0.3) is 5.91 Å². The average Bonchev–Trinajstić information content (AvgIpc) is 2.68. The van der Waals surface area contributed by atoms with Crippen LogP contribution in [0, 0.1) is 6.92 Å². The lowest BCUT2D eigenvalue weighted by atomic mass is 10.2. The summed E-state index contributed by atoms with van der Waals surface area (Å²) in [5.74, 6) is 0.824. The van der Waals surface area contributed by atoms with Gasteiger partial charge in [-0.2, -0.15) is 0 Å². The van der Waals surface area contributed by atoms with Crippen LogP contribution in [0.4, 0.5) is 11.6 Å². The second-order valence-corrected chi connectivity index (χ2v) is 6.03. The summed E-state index contributed by atoms with van der Waals surface area (Å²) in [5, 5.41) is 3.11. The Hall–Kier alpha value is -3.16. The molecule has 1 saturated heterocycles. The van der Waals surface area contributed by atoms with Crippen LogP contribution in [0.1, 0.15) is 16.1 Å². The van der Waals surface area contributed by atoms with Gasteiger partial charge < -0.3 is 19.9 Å². The van der Waals surface area contributed by atoms with Crippen molar-refractivity contribution in [1.29, 1.82) is 0 Å². The number of hydrogen-bond acceptors (Lipinski definition) is 6. The molecular weight excluding hydrogens is 334 g/mol. The van der Waals surface area contributed by atoms with Crippen molar-refractivity contribution < 1.29 is 14.3 Å². The number of nitrogens with zero attached hydrogens (tertiary/aromatic N) is 4. The predicted molar refractivity (Wildman–Crippen MR) is 96.6 cm³/mol. The van der Waals surface area contributed by atoms with E-state index in [4.69, 9.17) is 4.74 Å². The third kappa shape index (κ3) is 3.90. The third-order valence-corrected chi connectivity index (χ3v) is 4.23. The van der Waals surface area contributed by atoms with Crippen molar-refractivity contribution in [2.24, 2.45) is 0 Å². The summed E-state index contributed by atoms with van der Waals surface area (Å²) < 4.78 is 5.34. The van der Waals surface area contributed by atoms with Crippen LogP contribution >= 0.6 is 0 Å². The predicted octanol–water partition coefficient (Wildman–Crippen LogP) is 1.45. The Balaban J connectivity index is 1.75. The number of ether oxygens (including phenoxy) is 1. The molecule has 136 valence electrons. The first-order valence-corrected chi connectivity index (χ1v) is 8.34. The quantitative estimate of drug-likeness (QED) is 0.817. The maximum atomic E-state index is 12.7. The van der Waals surface area contributed by atoms with Crippen LogP contribution in [0.2, 0.25) is 0 Å². The highest BCUT2D eigenvalue weighted by molar-refractivity contribution is 5.92.